The Bertz CT molecular complexity index is 1240. The highest BCUT2D eigenvalue weighted by Crippen LogP contribution is 2.32. The van der Waals surface area contributed by atoms with Crippen molar-refractivity contribution in [1.82, 2.24) is 29.4 Å². The van der Waals surface area contributed by atoms with Crippen LogP contribution in [0.2, 0.25) is 0 Å². The van der Waals surface area contributed by atoms with Crippen molar-refractivity contribution < 1.29 is 9.53 Å². The number of amides is 1. The van der Waals surface area contributed by atoms with E-state index in [9.17, 15) is 4.79 Å². The molecule has 3 aromatic heterocycles. The van der Waals surface area contributed by atoms with E-state index in [1.165, 1.54) is 0 Å². The summed E-state index contributed by atoms with van der Waals surface area (Å²) in [5.41, 5.74) is 3.36. The second-order valence-electron chi connectivity index (χ2n) is 7.80. The number of benzene rings is 1. The van der Waals surface area contributed by atoms with E-state index in [1.807, 2.05) is 58.0 Å². The average molecular weight is 428 g/mol. The number of carbonyl (C=O) groups excluding carboxylic acids is 1. The van der Waals surface area contributed by atoms with E-state index in [0.717, 1.165) is 41.1 Å². The number of carbonyl (C=O) groups is 1. The van der Waals surface area contributed by atoms with E-state index in [0.29, 0.717) is 19.0 Å². The Kier molecular flexibility index (Phi) is 5.60. The molecule has 0 bridgehead atoms. The fraction of sp³-hybridized carbons (Fsp3) is 0.292. The van der Waals surface area contributed by atoms with Gasteiger partial charge in [-0.1, -0.05) is 18.2 Å². The molecule has 0 unspecified atom stereocenters. The molecule has 1 saturated heterocycles. The number of ether oxygens (including phenoxy) is 1. The summed E-state index contributed by atoms with van der Waals surface area (Å²) < 4.78 is 7.27. The molecule has 5 rings (SSSR count). The highest BCUT2D eigenvalue weighted by Gasteiger charge is 2.32. The van der Waals surface area contributed by atoms with Crippen LogP contribution in [0.5, 0.6) is 0 Å². The molecule has 0 N–H and O–H groups in total. The second kappa shape index (κ2) is 8.84. The van der Waals surface area contributed by atoms with Crippen molar-refractivity contribution in [3.63, 3.8) is 0 Å². The monoisotopic (exact) mass is 428 g/mol. The molecule has 0 saturated carbocycles. The third-order valence-electron chi connectivity index (χ3n) is 5.79. The van der Waals surface area contributed by atoms with Crippen molar-refractivity contribution in [3.05, 3.63) is 72.4 Å². The van der Waals surface area contributed by atoms with Gasteiger partial charge in [-0.3, -0.25) is 9.78 Å². The van der Waals surface area contributed by atoms with Crippen LogP contribution >= 0.6 is 0 Å². The lowest BCUT2D eigenvalue weighted by molar-refractivity contribution is -0.132. The first-order valence-corrected chi connectivity index (χ1v) is 10.7. The second-order valence-corrected chi connectivity index (χ2v) is 7.80. The molecule has 0 aliphatic carbocycles. The van der Waals surface area contributed by atoms with Crippen LogP contribution in [-0.2, 0) is 22.7 Å². The maximum absolute atomic E-state index is 13.4. The molecule has 0 radical (unpaired) electrons. The molecule has 4 heterocycles. The molecular formula is C24H24N6O2. The summed E-state index contributed by atoms with van der Waals surface area (Å²) in [5.74, 6) is 1.37. The molecule has 8 nitrogen and oxygen atoms in total. The number of rotatable bonds is 6. The van der Waals surface area contributed by atoms with Gasteiger partial charge >= 0.3 is 0 Å². The van der Waals surface area contributed by atoms with Crippen LogP contribution in [0.3, 0.4) is 0 Å². The van der Waals surface area contributed by atoms with Gasteiger partial charge in [0, 0.05) is 26.0 Å². The zero-order valence-electron chi connectivity index (χ0n) is 17.9. The minimum absolute atomic E-state index is 0.0472. The summed E-state index contributed by atoms with van der Waals surface area (Å²) in [6.45, 7) is 1.28. The fourth-order valence-electron chi connectivity index (χ4n) is 4.32. The van der Waals surface area contributed by atoms with Gasteiger partial charge in [-0.15, -0.1) is 0 Å². The van der Waals surface area contributed by atoms with Crippen molar-refractivity contribution >= 4 is 16.9 Å². The smallest absolute Gasteiger partial charge is 0.243 e. The van der Waals surface area contributed by atoms with Gasteiger partial charge in [0.05, 0.1) is 22.8 Å². The largest absolute Gasteiger partial charge is 0.377 e. The van der Waals surface area contributed by atoms with Crippen LogP contribution in [0.4, 0.5) is 0 Å². The van der Waals surface area contributed by atoms with Gasteiger partial charge in [-0.05, 0) is 43.2 Å². The quantitative estimate of drug-likeness (QED) is 0.468. The molecule has 162 valence electrons. The molecule has 0 spiro atoms. The van der Waals surface area contributed by atoms with E-state index < -0.39 is 0 Å². The van der Waals surface area contributed by atoms with Crippen molar-refractivity contribution in [1.29, 1.82) is 0 Å². The molecule has 1 aliphatic heterocycles. The summed E-state index contributed by atoms with van der Waals surface area (Å²) in [5, 5.41) is 0. The third-order valence-corrected chi connectivity index (χ3v) is 5.79. The van der Waals surface area contributed by atoms with Crippen molar-refractivity contribution in [3.8, 4) is 11.5 Å². The minimum Gasteiger partial charge on any atom is -0.377 e. The van der Waals surface area contributed by atoms with Gasteiger partial charge in [0.25, 0.3) is 0 Å². The van der Waals surface area contributed by atoms with Gasteiger partial charge in [0.15, 0.2) is 5.82 Å². The van der Waals surface area contributed by atoms with Crippen LogP contribution in [-0.4, -0.2) is 49.0 Å². The highest BCUT2D eigenvalue weighted by atomic mass is 16.5. The predicted molar refractivity (Wildman–Crippen MR) is 119 cm³/mol. The van der Waals surface area contributed by atoms with E-state index in [4.69, 9.17) is 9.72 Å². The molecule has 1 atom stereocenters. The molecule has 8 heteroatoms. The molecule has 32 heavy (non-hydrogen) atoms. The van der Waals surface area contributed by atoms with E-state index in [1.54, 1.807) is 19.5 Å². The normalized spacial score (nSPS) is 16.0. The first-order chi connectivity index (χ1) is 15.7. The van der Waals surface area contributed by atoms with Gasteiger partial charge in [0.1, 0.15) is 24.7 Å². The van der Waals surface area contributed by atoms with Crippen LogP contribution < -0.4 is 0 Å². The lowest BCUT2D eigenvalue weighted by Crippen LogP contribution is -2.34. The number of aromatic nitrogens is 5. The fourth-order valence-corrected chi connectivity index (χ4v) is 4.32. The summed E-state index contributed by atoms with van der Waals surface area (Å²) in [4.78, 5) is 33.5. The predicted octanol–water partition coefficient (Wildman–Crippen LogP) is 3.40. The maximum atomic E-state index is 13.4. The first kappa shape index (κ1) is 20.3. The molecule has 1 amide bonds. The highest BCUT2D eigenvalue weighted by molar-refractivity contribution is 5.81. The summed E-state index contributed by atoms with van der Waals surface area (Å²) in [7, 11) is 1.64. The van der Waals surface area contributed by atoms with Crippen molar-refractivity contribution in [2.75, 3.05) is 13.7 Å². The average Bonchev–Trinajstić information content (AvgIpc) is 3.46. The summed E-state index contributed by atoms with van der Waals surface area (Å²) in [6.07, 6.45) is 5.28. The number of likely N-dealkylation sites (tertiary alicyclic amines) is 1. The first-order valence-electron chi connectivity index (χ1n) is 10.7. The Morgan fingerprint density at radius 1 is 1.06 bits per heavy atom. The van der Waals surface area contributed by atoms with Crippen LogP contribution in [0.15, 0.2) is 60.9 Å². The molecule has 4 aromatic rings. The number of hydrogen-bond donors (Lipinski definition) is 0. The standard InChI is InChI=1S/C24H24N6O2/c1-32-16-22-27-17-7-2-3-9-21(17)30(22)15-23(31)29-14-6-10-20(29)18-11-13-26-24(28-18)19-8-4-5-12-25-19/h2-5,7-9,11-13,20H,6,10,14-16H2,1H3/t20-/m1/s1. The molecular weight excluding hydrogens is 404 g/mol. The Labute approximate surface area is 185 Å². The Morgan fingerprint density at radius 2 is 1.94 bits per heavy atom. The summed E-state index contributed by atoms with van der Waals surface area (Å²) in [6, 6.07) is 15.3. The topological polar surface area (TPSA) is 86.0 Å². The van der Waals surface area contributed by atoms with Gasteiger partial charge in [-0.2, -0.15) is 0 Å². The van der Waals surface area contributed by atoms with E-state index >= 15 is 0 Å². The van der Waals surface area contributed by atoms with Gasteiger partial charge in [0.2, 0.25) is 5.91 Å². The van der Waals surface area contributed by atoms with E-state index in [-0.39, 0.29) is 18.5 Å². The Morgan fingerprint density at radius 3 is 2.78 bits per heavy atom. The number of methoxy groups -OCH3 is 1. The Hall–Kier alpha value is -3.65. The minimum atomic E-state index is -0.0753. The number of hydrogen-bond acceptors (Lipinski definition) is 6. The summed E-state index contributed by atoms with van der Waals surface area (Å²) >= 11 is 0. The third kappa shape index (κ3) is 3.85. The number of imidazole rings is 1. The van der Waals surface area contributed by atoms with E-state index in [2.05, 4.69) is 15.0 Å². The lowest BCUT2D eigenvalue weighted by atomic mass is 10.1. The van der Waals surface area contributed by atoms with Gasteiger partial charge in [-0.25, -0.2) is 15.0 Å². The van der Waals surface area contributed by atoms with Crippen molar-refractivity contribution in [2.45, 2.75) is 32.0 Å². The number of nitrogens with zero attached hydrogens (tertiary/aromatic N) is 6. The zero-order chi connectivity index (χ0) is 21.9. The van der Waals surface area contributed by atoms with Crippen molar-refractivity contribution in [2.24, 2.45) is 0 Å². The maximum Gasteiger partial charge on any atom is 0.243 e. The zero-order valence-corrected chi connectivity index (χ0v) is 17.9. The number of para-hydroxylation sites is 2. The van der Waals surface area contributed by atoms with Crippen LogP contribution in [0.25, 0.3) is 22.6 Å². The molecule has 1 aromatic carbocycles. The van der Waals surface area contributed by atoms with Gasteiger partial charge < -0.3 is 14.2 Å². The number of fused-ring (bicyclic) bond motifs is 1. The van der Waals surface area contributed by atoms with Crippen LogP contribution in [0.1, 0.15) is 30.4 Å². The molecule has 1 aliphatic rings. The Balaban J connectivity index is 1.42. The number of pyridine rings is 1. The SMILES string of the molecule is COCc1nc2ccccc2n1CC(=O)N1CCC[C@@H]1c1ccnc(-c2ccccn2)n1. The molecule has 1 fully saturated rings. The van der Waals surface area contributed by atoms with Crippen LogP contribution in [0, 0.1) is 0 Å². The lowest BCUT2D eigenvalue weighted by Gasteiger charge is -2.25.